The van der Waals surface area contributed by atoms with Gasteiger partial charge in [0.2, 0.25) is 0 Å². The highest BCUT2D eigenvalue weighted by Gasteiger charge is 2.25. The van der Waals surface area contributed by atoms with Crippen LogP contribution in [0.25, 0.3) is 0 Å². The van der Waals surface area contributed by atoms with Crippen LogP contribution < -0.4 is 5.32 Å². The van der Waals surface area contributed by atoms with Gasteiger partial charge in [0.25, 0.3) is 0 Å². The molecule has 0 aromatic heterocycles. The Morgan fingerprint density at radius 3 is 2.59 bits per heavy atom. The number of rotatable bonds is 7. The number of likely N-dealkylation sites (N-methyl/N-ethyl adjacent to an activating group) is 1. The Kier molecular flexibility index (Phi) is 4.89. The number of benzene rings is 1. The standard InChI is InChI=1S/C14H22N2S/c1-16(13-5-6-13)10-9-15-11-12-3-7-14(17-2)8-4-12/h3-4,7-8,13,15H,5-6,9-11H2,1-2H3. The van der Waals surface area contributed by atoms with Crippen molar-refractivity contribution in [3.8, 4) is 0 Å². The minimum absolute atomic E-state index is 0.873. The quantitative estimate of drug-likeness (QED) is 0.591. The minimum Gasteiger partial charge on any atom is -0.311 e. The van der Waals surface area contributed by atoms with Gasteiger partial charge >= 0.3 is 0 Å². The fraction of sp³-hybridized carbons (Fsp3) is 0.571. The van der Waals surface area contributed by atoms with Crippen molar-refractivity contribution in [2.75, 3.05) is 26.4 Å². The predicted molar refractivity (Wildman–Crippen MR) is 75.6 cm³/mol. The fourth-order valence-electron chi connectivity index (χ4n) is 1.93. The average Bonchev–Trinajstić information content (AvgIpc) is 3.19. The van der Waals surface area contributed by atoms with Crippen LogP contribution >= 0.6 is 11.8 Å². The van der Waals surface area contributed by atoms with Crippen molar-refractivity contribution in [1.82, 2.24) is 10.2 Å². The summed E-state index contributed by atoms with van der Waals surface area (Å²) >= 11 is 1.79. The van der Waals surface area contributed by atoms with Crippen molar-refractivity contribution in [2.24, 2.45) is 0 Å². The lowest BCUT2D eigenvalue weighted by Crippen LogP contribution is -2.30. The number of nitrogens with zero attached hydrogens (tertiary/aromatic N) is 1. The van der Waals surface area contributed by atoms with Crippen LogP contribution in [-0.4, -0.2) is 37.3 Å². The molecule has 0 atom stereocenters. The molecule has 0 saturated heterocycles. The minimum atomic E-state index is 0.873. The van der Waals surface area contributed by atoms with Gasteiger partial charge < -0.3 is 10.2 Å². The molecule has 1 aliphatic carbocycles. The number of nitrogens with one attached hydrogen (secondary N) is 1. The summed E-state index contributed by atoms with van der Waals surface area (Å²) in [5, 5.41) is 3.50. The first kappa shape index (κ1) is 12.9. The molecule has 0 radical (unpaired) electrons. The smallest absolute Gasteiger partial charge is 0.0206 e. The van der Waals surface area contributed by atoms with Gasteiger partial charge in [-0.3, -0.25) is 0 Å². The molecule has 0 aliphatic heterocycles. The zero-order valence-corrected chi connectivity index (χ0v) is 11.6. The fourth-order valence-corrected chi connectivity index (χ4v) is 2.34. The molecule has 0 bridgehead atoms. The predicted octanol–water partition coefficient (Wildman–Crippen LogP) is 2.59. The van der Waals surface area contributed by atoms with Crippen molar-refractivity contribution in [3.63, 3.8) is 0 Å². The van der Waals surface area contributed by atoms with Crippen LogP contribution in [0.2, 0.25) is 0 Å². The third-order valence-corrected chi connectivity index (χ3v) is 4.04. The molecule has 0 heterocycles. The largest absolute Gasteiger partial charge is 0.311 e. The van der Waals surface area contributed by atoms with Gasteiger partial charge in [-0.25, -0.2) is 0 Å². The first-order valence-electron chi connectivity index (χ1n) is 6.33. The zero-order valence-electron chi connectivity index (χ0n) is 10.8. The Morgan fingerprint density at radius 2 is 2.00 bits per heavy atom. The molecule has 0 unspecified atom stereocenters. The van der Waals surface area contributed by atoms with Crippen molar-refractivity contribution >= 4 is 11.8 Å². The van der Waals surface area contributed by atoms with E-state index < -0.39 is 0 Å². The van der Waals surface area contributed by atoms with Crippen LogP contribution in [-0.2, 0) is 6.54 Å². The van der Waals surface area contributed by atoms with E-state index in [2.05, 4.69) is 47.8 Å². The molecule has 2 nitrogen and oxygen atoms in total. The second-order valence-corrected chi connectivity index (χ2v) is 5.62. The first-order valence-corrected chi connectivity index (χ1v) is 7.56. The molecule has 0 spiro atoms. The van der Waals surface area contributed by atoms with Crippen LogP contribution in [0.15, 0.2) is 29.2 Å². The number of thioether (sulfide) groups is 1. The third kappa shape index (κ3) is 4.34. The van der Waals surface area contributed by atoms with Gasteiger partial charge in [-0.05, 0) is 43.8 Å². The maximum Gasteiger partial charge on any atom is 0.0206 e. The van der Waals surface area contributed by atoms with Gasteiger partial charge in [-0.1, -0.05) is 12.1 Å². The van der Waals surface area contributed by atoms with Crippen molar-refractivity contribution in [1.29, 1.82) is 0 Å². The molecule has 17 heavy (non-hydrogen) atoms. The van der Waals surface area contributed by atoms with E-state index in [9.17, 15) is 0 Å². The molecule has 1 N–H and O–H groups in total. The van der Waals surface area contributed by atoms with Crippen molar-refractivity contribution < 1.29 is 0 Å². The SMILES string of the molecule is CSc1ccc(CNCCN(C)C2CC2)cc1. The summed E-state index contributed by atoms with van der Waals surface area (Å²) in [4.78, 5) is 3.80. The van der Waals surface area contributed by atoms with Gasteiger partial charge in [-0.15, -0.1) is 11.8 Å². The highest BCUT2D eigenvalue weighted by molar-refractivity contribution is 7.98. The molecule has 3 heteroatoms. The topological polar surface area (TPSA) is 15.3 Å². The summed E-state index contributed by atoms with van der Waals surface area (Å²) in [6.07, 6.45) is 4.90. The summed E-state index contributed by atoms with van der Waals surface area (Å²) in [6.45, 7) is 3.22. The Bertz CT molecular complexity index is 333. The summed E-state index contributed by atoms with van der Waals surface area (Å²) in [6, 6.07) is 9.68. The average molecular weight is 250 g/mol. The van der Waals surface area contributed by atoms with Gasteiger partial charge in [-0.2, -0.15) is 0 Å². The third-order valence-electron chi connectivity index (χ3n) is 3.30. The van der Waals surface area contributed by atoms with Gasteiger partial charge in [0.05, 0.1) is 0 Å². The summed E-state index contributed by atoms with van der Waals surface area (Å²) < 4.78 is 0. The maximum absolute atomic E-state index is 3.50. The van der Waals surface area contributed by atoms with E-state index in [0.717, 1.165) is 25.7 Å². The Hall–Kier alpha value is -0.510. The van der Waals surface area contributed by atoms with E-state index in [0.29, 0.717) is 0 Å². The van der Waals surface area contributed by atoms with Crippen molar-refractivity contribution in [2.45, 2.75) is 30.3 Å². The Labute approximate surface area is 109 Å². The molecule has 1 aromatic carbocycles. The molecule has 0 amide bonds. The van der Waals surface area contributed by atoms with Crippen molar-refractivity contribution in [3.05, 3.63) is 29.8 Å². The van der Waals surface area contributed by atoms with E-state index in [1.54, 1.807) is 11.8 Å². The molecule has 1 fully saturated rings. The van der Waals surface area contributed by atoms with Gasteiger partial charge in [0.1, 0.15) is 0 Å². The molecular weight excluding hydrogens is 228 g/mol. The molecule has 1 saturated carbocycles. The molecule has 2 rings (SSSR count). The van der Waals surface area contributed by atoms with E-state index in [-0.39, 0.29) is 0 Å². The zero-order chi connectivity index (χ0) is 12.1. The van der Waals surface area contributed by atoms with Gasteiger partial charge in [0, 0.05) is 30.6 Å². The highest BCUT2D eigenvalue weighted by atomic mass is 32.2. The van der Waals surface area contributed by atoms with Crippen LogP contribution in [0.3, 0.4) is 0 Å². The summed E-state index contributed by atoms with van der Waals surface area (Å²) in [5.74, 6) is 0. The van der Waals surface area contributed by atoms with Gasteiger partial charge in [0.15, 0.2) is 0 Å². The summed E-state index contributed by atoms with van der Waals surface area (Å²) in [5.41, 5.74) is 1.37. The second-order valence-electron chi connectivity index (χ2n) is 4.74. The second kappa shape index (κ2) is 6.43. The molecule has 1 aliphatic rings. The molecular formula is C14H22N2S. The lowest BCUT2D eigenvalue weighted by atomic mass is 10.2. The summed E-state index contributed by atoms with van der Waals surface area (Å²) in [7, 11) is 2.23. The monoisotopic (exact) mass is 250 g/mol. The normalized spacial score (nSPS) is 15.5. The maximum atomic E-state index is 3.50. The van der Waals surface area contributed by atoms with Crippen LogP contribution in [0.4, 0.5) is 0 Å². The van der Waals surface area contributed by atoms with E-state index in [1.807, 2.05) is 0 Å². The van der Waals surface area contributed by atoms with Crippen LogP contribution in [0.1, 0.15) is 18.4 Å². The highest BCUT2D eigenvalue weighted by Crippen LogP contribution is 2.24. The number of hydrogen-bond acceptors (Lipinski definition) is 3. The lowest BCUT2D eigenvalue weighted by molar-refractivity contribution is 0.321. The number of hydrogen-bond donors (Lipinski definition) is 1. The van der Waals surface area contributed by atoms with E-state index >= 15 is 0 Å². The first-order chi connectivity index (χ1) is 8.29. The Balaban J connectivity index is 1.63. The van der Waals surface area contributed by atoms with E-state index in [4.69, 9.17) is 0 Å². The molecule has 94 valence electrons. The van der Waals surface area contributed by atoms with Crippen LogP contribution in [0.5, 0.6) is 0 Å². The lowest BCUT2D eigenvalue weighted by Gasteiger charge is -2.15. The Morgan fingerprint density at radius 1 is 1.29 bits per heavy atom. The molecule has 1 aromatic rings. The van der Waals surface area contributed by atoms with E-state index in [1.165, 1.54) is 23.3 Å². The van der Waals surface area contributed by atoms with Crippen LogP contribution in [0, 0.1) is 0 Å².